The predicted octanol–water partition coefficient (Wildman–Crippen LogP) is 3.29. The summed E-state index contributed by atoms with van der Waals surface area (Å²) in [5.74, 6) is 0.292. The molecule has 0 bridgehead atoms. The first-order valence-electron chi connectivity index (χ1n) is 8.14. The molecule has 1 aromatic heterocycles. The van der Waals surface area contributed by atoms with E-state index in [0.717, 1.165) is 12.8 Å². The molecule has 0 atom stereocenters. The lowest BCUT2D eigenvalue weighted by Crippen LogP contribution is -2.18. The monoisotopic (exact) mass is 324 g/mol. The maximum absolute atomic E-state index is 12.2. The average Bonchev–Trinajstić information content (AvgIpc) is 3.08. The topological polar surface area (TPSA) is 84.0 Å². The lowest BCUT2D eigenvalue weighted by atomic mass is 10.1. The first-order valence-corrected chi connectivity index (χ1v) is 8.14. The minimum atomic E-state index is -0.351. The predicted molar refractivity (Wildman–Crippen MR) is 92.3 cm³/mol. The molecule has 0 spiro atoms. The molecular weight excluding hydrogens is 304 g/mol. The van der Waals surface area contributed by atoms with Crippen molar-refractivity contribution in [3.05, 3.63) is 47.7 Å². The van der Waals surface area contributed by atoms with E-state index in [0.29, 0.717) is 23.1 Å². The molecule has 1 aliphatic rings. The van der Waals surface area contributed by atoms with Crippen LogP contribution in [0.5, 0.6) is 0 Å². The lowest BCUT2D eigenvalue weighted by molar-refractivity contribution is 0.100. The summed E-state index contributed by atoms with van der Waals surface area (Å²) in [6, 6.07) is 10.7. The van der Waals surface area contributed by atoms with Crippen molar-refractivity contribution in [2.75, 3.05) is 10.6 Å². The van der Waals surface area contributed by atoms with Gasteiger partial charge in [-0.1, -0.05) is 25.0 Å². The molecule has 24 heavy (non-hydrogen) atoms. The van der Waals surface area contributed by atoms with Crippen LogP contribution < -0.4 is 10.6 Å². The van der Waals surface area contributed by atoms with Gasteiger partial charge in [0, 0.05) is 17.3 Å². The zero-order valence-corrected chi connectivity index (χ0v) is 13.6. The Morgan fingerprint density at radius 1 is 1.08 bits per heavy atom. The van der Waals surface area contributed by atoms with Crippen LogP contribution in [0.25, 0.3) is 0 Å². The van der Waals surface area contributed by atoms with E-state index in [1.54, 1.807) is 36.4 Å². The summed E-state index contributed by atoms with van der Waals surface area (Å²) in [6.07, 6.45) is 4.78. The van der Waals surface area contributed by atoms with Crippen LogP contribution >= 0.6 is 0 Å². The number of ketones is 1. The number of Topliss-reactive ketones (excluding diaryl/α,β-unsaturated/α-hetero) is 1. The molecule has 1 amide bonds. The second kappa shape index (κ2) is 7.21. The van der Waals surface area contributed by atoms with E-state index >= 15 is 0 Å². The minimum absolute atomic E-state index is 0.0479. The molecule has 1 saturated carbocycles. The summed E-state index contributed by atoms with van der Waals surface area (Å²) in [6.45, 7) is 1.49. The second-order valence-electron chi connectivity index (χ2n) is 6.02. The molecule has 1 heterocycles. The maximum Gasteiger partial charge on any atom is 0.276 e. The van der Waals surface area contributed by atoms with E-state index in [1.807, 2.05) is 0 Å². The van der Waals surface area contributed by atoms with Crippen LogP contribution in [0.2, 0.25) is 0 Å². The zero-order chi connectivity index (χ0) is 16.9. The number of nitrogens with one attached hydrogen (secondary N) is 2. The molecule has 0 unspecified atom stereocenters. The van der Waals surface area contributed by atoms with Crippen molar-refractivity contribution in [1.29, 1.82) is 0 Å². The Bertz CT molecular complexity index is 737. The van der Waals surface area contributed by atoms with E-state index in [9.17, 15) is 9.59 Å². The van der Waals surface area contributed by atoms with E-state index in [4.69, 9.17) is 0 Å². The van der Waals surface area contributed by atoms with Crippen molar-refractivity contribution in [2.24, 2.45) is 0 Å². The summed E-state index contributed by atoms with van der Waals surface area (Å²) in [5.41, 5.74) is 1.35. The van der Waals surface area contributed by atoms with Crippen molar-refractivity contribution < 1.29 is 9.59 Å². The SMILES string of the molecule is CC(=O)c1cccc(NC(=O)c2ccc(NC3CCCC3)nn2)c1. The summed E-state index contributed by atoms with van der Waals surface area (Å²) < 4.78 is 0. The molecule has 1 aliphatic carbocycles. The van der Waals surface area contributed by atoms with Gasteiger partial charge in [0.05, 0.1) is 0 Å². The van der Waals surface area contributed by atoms with Gasteiger partial charge in [-0.05, 0) is 44.0 Å². The number of hydrogen-bond acceptors (Lipinski definition) is 5. The third-order valence-corrected chi connectivity index (χ3v) is 4.13. The molecule has 1 fully saturated rings. The van der Waals surface area contributed by atoms with Gasteiger partial charge in [0.25, 0.3) is 5.91 Å². The standard InChI is InChI=1S/C18H20N4O2/c1-12(23)13-5-4-8-15(11-13)20-18(24)16-9-10-17(22-21-16)19-14-6-2-3-7-14/h4-5,8-11,14H,2-3,6-7H2,1H3,(H,19,22)(H,20,24). The van der Waals surface area contributed by atoms with Crippen LogP contribution in [0.1, 0.15) is 53.5 Å². The number of amides is 1. The molecule has 0 radical (unpaired) electrons. The van der Waals surface area contributed by atoms with Gasteiger partial charge in [-0.2, -0.15) is 0 Å². The fourth-order valence-electron chi connectivity index (χ4n) is 2.82. The first kappa shape index (κ1) is 16.1. The number of rotatable bonds is 5. The van der Waals surface area contributed by atoms with Crippen LogP contribution in [0.3, 0.4) is 0 Å². The Hall–Kier alpha value is -2.76. The molecule has 1 aromatic carbocycles. The highest BCUT2D eigenvalue weighted by Gasteiger charge is 2.16. The fraction of sp³-hybridized carbons (Fsp3) is 0.333. The van der Waals surface area contributed by atoms with Crippen molar-refractivity contribution in [2.45, 2.75) is 38.6 Å². The Kier molecular flexibility index (Phi) is 4.84. The van der Waals surface area contributed by atoms with Crippen molar-refractivity contribution in [3.63, 3.8) is 0 Å². The van der Waals surface area contributed by atoms with E-state index in [1.165, 1.54) is 19.8 Å². The van der Waals surface area contributed by atoms with E-state index in [2.05, 4.69) is 20.8 Å². The largest absolute Gasteiger partial charge is 0.366 e. The number of nitrogens with zero attached hydrogens (tertiary/aromatic N) is 2. The molecule has 6 nitrogen and oxygen atoms in total. The lowest BCUT2D eigenvalue weighted by Gasteiger charge is -2.12. The van der Waals surface area contributed by atoms with Gasteiger partial charge >= 0.3 is 0 Å². The molecule has 2 aromatic rings. The third-order valence-electron chi connectivity index (χ3n) is 4.13. The highest BCUT2D eigenvalue weighted by molar-refractivity contribution is 6.03. The number of carbonyl (C=O) groups is 2. The molecule has 3 rings (SSSR count). The highest BCUT2D eigenvalue weighted by atomic mass is 16.2. The summed E-state index contributed by atoms with van der Waals surface area (Å²) in [7, 11) is 0. The van der Waals surface area contributed by atoms with Crippen molar-refractivity contribution >= 4 is 23.2 Å². The number of aromatic nitrogens is 2. The van der Waals surface area contributed by atoms with Gasteiger partial charge < -0.3 is 10.6 Å². The number of anilines is 2. The third kappa shape index (κ3) is 3.95. The molecule has 2 N–H and O–H groups in total. The van der Waals surface area contributed by atoms with Gasteiger partial charge in [-0.15, -0.1) is 10.2 Å². The van der Waals surface area contributed by atoms with Crippen molar-refractivity contribution in [3.8, 4) is 0 Å². The normalized spacial score (nSPS) is 14.4. The summed E-state index contributed by atoms with van der Waals surface area (Å²) in [4.78, 5) is 23.6. The summed E-state index contributed by atoms with van der Waals surface area (Å²) in [5, 5.41) is 14.1. The van der Waals surface area contributed by atoms with Gasteiger partial charge in [-0.3, -0.25) is 9.59 Å². The van der Waals surface area contributed by atoms with Gasteiger partial charge in [0.2, 0.25) is 0 Å². The van der Waals surface area contributed by atoms with Crippen LogP contribution in [0.15, 0.2) is 36.4 Å². The summed E-state index contributed by atoms with van der Waals surface area (Å²) >= 11 is 0. The van der Waals surface area contributed by atoms with Gasteiger partial charge in [0.15, 0.2) is 11.5 Å². The number of hydrogen-bond donors (Lipinski definition) is 2. The Labute approximate surface area is 140 Å². The van der Waals surface area contributed by atoms with Crippen molar-refractivity contribution in [1.82, 2.24) is 10.2 Å². The van der Waals surface area contributed by atoms with E-state index in [-0.39, 0.29) is 17.4 Å². The number of carbonyl (C=O) groups excluding carboxylic acids is 2. The van der Waals surface area contributed by atoms with Crippen LogP contribution in [0, 0.1) is 0 Å². The number of benzene rings is 1. The van der Waals surface area contributed by atoms with Crippen LogP contribution in [-0.2, 0) is 0 Å². The average molecular weight is 324 g/mol. The van der Waals surface area contributed by atoms with Gasteiger partial charge in [-0.25, -0.2) is 0 Å². The van der Waals surface area contributed by atoms with Crippen LogP contribution in [-0.4, -0.2) is 27.9 Å². The maximum atomic E-state index is 12.2. The van der Waals surface area contributed by atoms with Gasteiger partial charge in [0.1, 0.15) is 5.82 Å². The molecule has 6 heteroatoms. The van der Waals surface area contributed by atoms with Crippen LogP contribution in [0.4, 0.5) is 11.5 Å². The Balaban J connectivity index is 1.64. The zero-order valence-electron chi connectivity index (χ0n) is 13.6. The quantitative estimate of drug-likeness (QED) is 0.825. The molecular formula is C18H20N4O2. The highest BCUT2D eigenvalue weighted by Crippen LogP contribution is 2.21. The Morgan fingerprint density at radius 2 is 1.88 bits per heavy atom. The molecule has 0 aliphatic heterocycles. The minimum Gasteiger partial charge on any atom is -0.366 e. The Morgan fingerprint density at radius 3 is 2.54 bits per heavy atom. The fourth-order valence-corrected chi connectivity index (χ4v) is 2.82. The first-order chi connectivity index (χ1) is 11.6. The van der Waals surface area contributed by atoms with E-state index < -0.39 is 0 Å². The second-order valence-corrected chi connectivity index (χ2v) is 6.02. The molecule has 0 saturated heterocycles. The smallest absolute Gasteiger partial charge is 0.276 e. The molecule has 124 valence electrons.